The van der Waals surface area contributed by atoms with Crippen LogP contribution in [0.5, 0.6) is 0 Å². The quantitative estimate of drug-likeness (QED) is 0.572. The van der Waals surface area contributed by atoms with Crippen LogP contribution in [-0.2, 0) is 4.79 Å². The maximum Gasteiger partial charge on any atom is 0.220 e. The minimum absolute atomic E-state index is 0.491. The number of rotatable bonds is 3. The van der Waals surface area contributed by atoms with Crippen LogP contribution in [-0.4, -0.2) is 17.7 Å². The summed E-state index contributed by atoms with van der Waals surface area (Å²) in [5, 5.41) is 0. The lowest BCUT2D eigenvalue weighted by molar-refractivity contribution is -0.120. The van der Waals surface area contributed by atoms with Crippen molar-refractivity contribution in [3.63, 3.8) is 0 Å². The topological polar surface area (TPSA) is 34.1 Å². The third-order valence-electron chi connectivity index (χ3n) is 1.73. The van der Waals surface area contributed by atoms with Crippen LogP contribution in [0, 0.1) is 11.6 Å². The third kappa shape index (κ3) is 2.65. The molecule has 0 radical (unpaired) electrons. The van der Waals surface area contributed by atoms with Crippen LogP contribution in [0.15, 0.2) is 18.2 Å². The second-order valence-electron chi connectivity index (χ2n) is 3.00. The van der Waals surface area contributed by atoms with Gasteiger partial charge in [-0.1, -0.05) is 0 Å². The average Bonchev–Trinajstić information content (AvgIpc) is 2.13. The molecule has 0 aliphatic carbocycles. The minimum Gasteiger partial charge on any atom is -0.296 e. The standard InChI is InChI=1S/C10H7F3O2/c1-5(14)9(13)10(15)6-2-7(11)4-8(12)3-6/h2-4,9H,1H3. The lowest BCUT2D eigenvalue weighted by Crippen LogP contribution is -2.23. The van der Waals surface area contributed by atoms with Crippen LogP contribution in [0.4, 0.5) is 13.2 Å². The van der Waals surface area contributed by atoms with E-state index in [2.05, 4.69) is 0 Å². The van der Waals surface area contributed by atoms with Gasteiger partial charge in [-0.2, -0.15) is 0 Å². The van der Waals surface area contributed by atoms with Crippen molar-refractivity contribution in [3.8, 4) is 0 Å². The van der Waals surface area contributed by atoms with Gasteiger partial charge in [0.2, 0.25) is 12.0 Å². The van der Waals surface area contributed by atoms with Crippen molar-refractivity contribution in [3.05, 3.63) is 35.4 Å². The summed E-state index contributed by atoms with van der Waals surface area (Å²) in [5.74, 6) is -4.21. The van der Waals surface area contributed by atoms with Crippen molar-refractivity contribution in [2.45, 2.75) is 13.1 Å². The molecule has 1 rings (SSSR count). The predicted octanol–water partition coefficient (Wildman–Crippen LogP) is 2.07. The normalized spacial score (nSPS) is 12.3. The summed E-state index contributed by atoms with van der Waals surface area (Å²) in [6.07, 6.45) is -2.37. The van der Waals surface area contributed by atoms with E-state index >= 15 is 0 Å². The number of hydrogen-bond donors (Lipinski definition) is 0. The second kappa shape index (κ2) is 4.25. The van der Waals surface area contributed by atoms with Gasteiger partial charge >= 0.3 is 0 Å². The Hall–Kier alpha value is -1.65. The summed E-state index contributed by atoms with van der Waals surface area (Å²) < 4.78 is 38.2. The molecule has 15 heavy (non-hydrogen) atoms. The lowest BCUT2D eigenvalue weighted by atomic mass is 10.0. The molecular formula is C10H7F3O2. The van der Waals surface area contributed by atoms with Crippen molar-refractivity contribution in [2.75, 3.05) is 0 Å². The minimum atomic E-state index is -2.37. The number of benzene rings is 1. The number of Topliss-reactive ketones (excluding diaryl/α,β-unsaturated/α-hetero) is 2. The molecule has 2 nitrogen and oxygen atoms in total. The molecular weight excluding hydrogens is 209 g/mol. The van der Waals surface area contributed by atoms with Crippen LogP contribution in [0.3, 0.4) is 0 Å². The van der Waals surface area contributed by atoms with Gasteiger partial charge in [0.15, 0.2) is 5.78 Å². The van der Waals surface area contributed by atoms with Crippen LogP contribution in [0.1, 0.15) is 17.3 Å². The fourth-order valence-corrected chi connectivity index (χ4v) is 1.03. The summed E-state index contributed by atoms with van der Waals surface area (Å²) in [6.45, 7) is 0.887. The largest absolute Gasteiger partial charge is 0.296 e. The van der Waals surface area contributed by atoms with E-state index in [1.807, 2.05) is 0 Å². The van der Waals surface area contributed by atoms with Gasteiger partial charge < -0.3 is 0 Å². The van der Waals surface area contributed by atoms with E-state index in [1.54, 1.807) is 0 Å². The molecule has 0 saturated carbocycles. The van der Waals surface area contributed by atoms with E-state index in [-0.39, 0.29) is 0 Å². The first-order valence-electron chi connectivity index (χ1n) is 4.06. The van der Waals surface area contributed by atoms with Gasteiger partial charge in [0, 0.05) is 11.6 Å². The molecule has 80 valence electrons. The molecule has 0 saturated heterocycles. The fraction of sp³-hybridized carbons (Fsp3) is 0.200. The molecule has 1 aromatic rings. The van der Waals surface area contributed by atoms with Crippen LogP contribution in [0.2, 0.25) is 0 Å². The van der Waals surface area contributed by atoms with Crippen molar-refractivity contribution in [1.82, 2.24) is 0 Å². The first-order valence-corrected chi connectivity index (χ1v) is 4.06. The van der Waals surface area contributed by atoms with Gasteiger partial charge in [-0.3, -0.25) is 9.59 Å². The van der Waals surface area contributed by atoms with E-state index in [9.17, 15) is 22.8 Å². The number of carbonyl (C=O) groups is 2. The Morgan fingerprint density at radius 2 is 1.60 bits per heavy atom. The molecule has 0 aliphatic heterocycles. The Labute approximate surface area is 83.7 Å². The molecule has 5 heteroatoms. The van der Waals surface area contributed by atoms with E-state index < -0.39 is 34.9 Å². The smallest absolute Gasteiger partial charge is 0.220 e. The van der Waals surface area contributed by atoms with Gasteiger partial charge in [-0.25, -0.2) is 13.2 Å². The monoisotopic (exact) mass is 216 g/mol. The Balaban J connectivity index is 3.06. The van der Waals surface area contributed by atoms with E-state index in [0.29, 0.717) is 18.2 Å². The Morgan fingerprint density at radius 3 is 2.00 bits per heavy atom. The zero-order valence-electron chi connectivity index (χ0n) is 7.76. The van der Waals surface area contributed by atoms with Crippen molar-refractivity contribution >= 4 is 11.6 Å². The molecule has 1 aromatic carbocycles. The molecule has 0 aliphatic rings. The molecule has 0 aromatic heterocycles. The number of carbonyl (C=O) groups excluding carboxylic acids is 2. The highest BCUT2D eigenvalue weighted by Crippen LogP contribution is 2.12. The highest BCUT2D eigenvalue weighted by atomic mass is 19.1. The zero-order valence-corrected chi connectivity index (χ0v) is 7.76. The van der Waals surface area contributed by atoms with Crippen molar-refractivity contribution < 1.29 is 22.8 Å². The lowest BCUT2D eigenvalue weighted by Gasteiger charge is -2.03. The van der Waals surface area contributed by atoms with Crippen LogP contribution in [0.25, 0.3) is 0 Å². The molecule has 1 atom stereocenters. The molecule has 0 amide bonds. The maximum atomic E-state index is 12.9. The second-order valence-corrected chi connectivity index (χ2v) is 3.00. The van der Waals surface area contributed by atoms with E-state index in [1.165, 1.54) is 0 Å². The third-order valence-corrected chi connectivity index (χ3v) is 1.73. The molecule has 0 heterocycles. The SMILES string of the molecule is CC(=O)C(F)C(=O)c1cc(F)cc(F)c1. The van der Waals surface area contributed by atoms with E-state index in [4.69, 9.17) is 0 Å². The number of hydrogen-bond acceptors (Lipinski definition) is 2. The number of ketones is 2. The molecule has 0 N–H and O–H groups in total. The Kier molecular flexibility index (Phi) is 3.24. The van der Waals surface area contributed by atoms with Crippen LogP contribution < -0.4 is 0 Å². The van der Waals surface area contributed by atoms with Gasteiger partial charge in [0.1, 0.15) is 11.6 Å². The number of halogens is 3. The molecule has 0 fully saturated rings. The molecule has 1 unspecified atom stereocenters. The van der Waals surface area contributed by atoms with Gasteiger partial charge in [-0.05, 0) is 19.1 Å². The summed E-state index contributed by atoms with van der Waals surface area (Å²) in [5.41, 5.74) is -0.491. The van der Waals surface area contributed by atoms with Crippen molar-refractivity contribution in [1.29, 1.82) is 0 Å². The van der Waals surface area contributed by atoms with Gasteiger partial charge in [0.25, 0.3) is 0 Å². The van der Waals surface area contributed by atoms with Crippen LogP contribution >= 0.6 is 0 Å². The summed E-state index contributed by atoms with van der Waals surface area (Å²) in [6, 6.07) is 1.92. The average molecular weight is 216 g/mol. The fourth-order valence-electron chi connectivity index (χ4n) is 1.03. The molecule has 0 spiro atoms. The highest BCUT2D eigenvalue weighted by molar-refractivity contribution is 6.12. The highest BCUT2D eigenvalue weighted by Gasteiger charge is 2.24. The van der Waals surface area contributed by atoms with Crippen molar-refractivity contribution in [2.24, 2.45) is 0 Å². The summed E-state index contributed by atoms with van der Waals surface area (Å²) in [7, 11) is 0. The Morgan fingerprint density at radius 1 is 1.13 bits per heavy atom. The molecule has 0 bridgehead atoms. The zero-order chi connectivity index (χ0) is 11.6. The summed E-state index contributed by atoms with van der Waals surface area (Å²) in [4.78, 5) is 21.7. The maximum absolute atomic E-state index is 12.9. The van der Waals surface area contributed by atoms with Gasteiger partial charge in [0.05, 0.1) is 0 Å². The van der Waals surface area contributed by atoms with Gasteiger partial charge in [-0.15, -0.1) is 0 Å². The first kappa shape index (κ1) is 11.4. The van der Waals surface area contributed by atoms with E-state index in [0.717, 1.165) is 6.92 Å². The number of alkyl halides is 1. The summed E-state index contributed by atoms with van der Waals surface area (Å²) >= 11 is 0. The predicted molar refractivity (Wildman–Crippen MR) is 46.3 cm³/mol. The first-order chi connectivity index (χ1) is 6.91. The Bertz CT molecular complexity index is 395.